The third kappa shape index (κ3) is 5.30. The van der Waals surface area contributed by atoms with Crippen LogP contribution in [0.25, 0.3) is 11.0 Å². The quantitative estimate of drug-likeness (QED) is 0.239. The summed E-state index contributed by atoms with van der Waals surface area (Å²) in [6.07, 6.45) is 1.92. The fourth-order valence-electron chi connectivity index (χ4n) is 4.87. The topological polar surface area (TPSA) is 153 Å². The van der Waals surface area contributed by atoms with Crippen molar-refractivity contribution in [2.45, 2.75) is 19.5 Å². The van der Waals surface area contributed by atoms with Crippen LogP contribution in [0.5, 0.6) is 5.75 Å². The summed E-state index contributed by atoms with van der Waals surface area (Å²) in [7, 11) is 1.45. The number of pyridine rings is 2. The zero-order valence-corrected chi connectivity index (χ0v) is 22.9. The van der Waals surface area contributed by atoms with Crippen LogP contribution in [0.1, 0.15) is 27.0 Å². The summed E-state index contributed by atoms with van der Waals surface area (Å²) in [5, 5.41) is 5.73. The van der Waals surface area contributed by atoms with Crippen molar-refractivity contribution in [3.63, 3.8) is 0 Å². The molecule has 5 aromatic rings. The number of fused-ring (bicyclic) bond motifs is 2. The Labute approximate surface area is 244 Å². The Balaban J connectivity index is 1.45. The molecule has 2 aromatic carbocycles. The number of nitrogens with one attached hydrogen (secondary N) is 3. The first-order valence-electron chi connectivity index (χ1n) is 13.2. The van der Waals surface area contributed by atoms with E-state index < -0.39 is 53.4 Å². The standard InChI is InChI=1S/C29H22F3N7O5/c1-33-25(40)17-8-16-9-18(26(41)36-24(16)34-11-17)13-39-28(42)37-27(35-19-2-3-22-15(10-19)4-5-44-22)38(29(39)43)12-14-6-20(30)23(32)21(31)7-14/h2-3,6-11H,4-5,12-13H2,1H3,(H,33,40)(H,34,36,41)(H,35,37,42). The van der Waals surface area contributed by atoms with E-state index in [9.17, 15) is 32.3 Å². The minimum atomic E-state index is -1.67. The number of anilines is 2. The van der Waals surface area contributed by atoms with Gasteiger partial charge in [-0.1, -0.05) is 0 Å². The summed E-state index contributed by atoms with van der Waals surface area (Å²) in [6.45, 7) is -0.552. The van der Waals surface area contributed by atoms with Crippen LogP contribution in [0, 0.1) is 17.5 Å². The molecule has 1 amide bonds. The Morgan fingerprint density at radius 3 is 2.55 bits per heavy atom. The number of carbonyl (C=O) groups is 1. The molecule has 1 aliphatic rings. The monoisotopic (exact) mass is 605 g/mol. The second kappa shape index (κ2) is 11.2. The molecule has 0 radical (unpaired) electrons. The normalized spacial score (nSPS) is 12.2. The number of benzene rings is 2. The van der Waals surface area contributed by atoms with Gasteiger partial charge in [-0.3, -0.25) is 14.2 Å². The molecule has 0 spiro atoms. The van der Waals surface area contributed by atoms with Gasteiger partial charge in [-0.25, -0.2) is 32.3 Å². The smallest absolute Gasteiger partial charge is 0.355 e. The first-order chi connectivity index (χ1) is 21.1. The number of halogens is 3. The Kier molecular flexibility index (Phi) is 7.20. The first kappa shape index (κ1) is 28.4. The highest BCUT2D eigenvalue weighted by Crippen LogP contribution is 2.29. The Hall–Kier alpha value is -5.73. The Morgan fingerprint density at radius 2 is 1.80 bits per heavy atom. The third-order valence-corrected chi connectivity index (χ3v) is 7.07. The van der Waals surface area contributed by atoms with Crippen molar-refractivity contribution in [3.05, 3.63) is 120 Å². The van der Waals surface area contributed by atoms with Crippen molar-refractivity contribution in [1.82, 2.24) is 29.4 Å². The molecular formula is C29H22F3N7O5. The Bertz CT molecular complexity index is 2140. The van der Waals surface area contributed by atoms with Gasteiger partial charge in [-0.2, -0.15) is 4.98 Å². The average molecular weight is 606 g/mol. The number of nitrogens with zero attached hydrogens (tertiary/aromatic N) is 4. The van der Waals surface area contributed by atoms with E-state index in [0.29, 0.717) is 34.4 Å². The van der Waals surface area contributed by atoms with Crippen LogP contribution >= 0.6 is 0 Å². The molecule has 0 unspecified atom stereocenters. The zero-order valence-electron chi connectivity index (χ0n) is 22.9. The molecule has 6 rings (SSSR count). The van der Waals surface area contributed by atoms with Crippen LogP contribution in [-0.2, 0) is 19.5 Å². The highest BCUT2D eigenvalue weighted by molar-refractivity contribution is 5.96. The molecule has 224 valence electrons. The summed E-state index contributed by atoms with van der Waals surface area (Å²) < 4.78 is 48.9. The summed E-state index contributed by atoms with van der Waals surface area (Å²) in [5.41, 5.74) is -1.08. The minimum Gasteiger partial charge on any atom is -0.493 e. The van der Waals surface area contributed by atoms with Crippen LogP contribution in [-0.4, -0.2) is 43.6 Å². The van der Waals surface area contributed by atoms with Crippen molar-refractivity contribution >= 4 is 28.6 Å². The molecular weight excluding hydrogens is 583 g/mol. The number of aromatic amines is 1. The van der Waals surface area contributed by atoms with Crippen molar-refractivity contribution in [2.75, 3.05) is 19.0 Å². The van der Waals surface area contributed by atoms with Gasteiger partial charge < -0.3 is 20.4 Å². The number of rotatable bonds is 7. The van der Waals surface area contributed by atoms with Crippen molar-refractivity contribution in [1.29, 1.82) is 0 Å². The lowest BCUT2D eigenvalue weighted by atomic mass is 10.1. The lowest BCUT2D eigenvalue weighted by molar-refractivity contribution is 0.0963. The van der Waals surface area contributed by atoms with Crippen LogP contribution in [0.15, 0.2) is 63.0 Å². The molecule has 3 N–H and O–H groups in total. The highest BCUT2D eigenvalue weighted by Gasteiger charge is 2.19. The summed E-state index contributed by atoms with van der Waals surface area (Å²) >= 11 is 0. The molecule has 0 aliphatic carbocycles. The van der Waals surface area contributed by atoms with Crippen molar-refractivity contribution in [3.8, 4) is 5.75 Å². The molecule has 4 heterocycles. The number of ether oxygens (including phenoxy) is 1. The van der Waals surface area contributed by atoms with E-state index in [-0.39, 0.29) is 28.3 Å². The minimum absolute atomic E-state index is 0.0286. The van der Waals surface area contributed by atoms with E-state index in [1.54, 1.807) is 18.2 Å². The SMILES string of the molecule is CNC(=O)c1cnc2[nH]c(=O)c(Cn3c(=O)nc(Nc4ccc5c(c4)CCO5)n(Cc4cc(F)c(F)c(F)c4)c3=O)cc2c1. The summed E-state index contributed by atoms with van der Waals surface area (Å²) in [4.78, 5) is 62.5. The molecule has 0 bridgehead atoms. The number of amides is 1. The van der Waals surface area contributed by atoms with Gasteiger partial charge in [0.25, 0.3) is 11.5 Å². The van der Waals surface area contributed by atoms with Crippen LogP contribution in [0.2, 0.25) is 0 Å². The van der Waals surface area contributed by atoms with Gasteiger partial charge in [0.15, 0.2) is 17.5 Å². The van der Waals surface area contributed by atoms with Gasteiger partial charge in [0.05, 0.1) is 25.3 Å². The second-order valence-corrected chi connectivity index (χ2v) is 9.96. The maximum absolute atomic E-state index is 14.1. The lowest BCUT2D eigenvalue weighted by Gasteiger charge is -2.16. The summed E-state index contributed by atoms with van der Waals surface area (Å²) in [6, 6.07) is 9.40. The highest BCUT2D eigenvalue weighted by atomic mass is 19.2. The average Bonchev–Trinajstić information content (AvgIpc) is 3.47. The molecule has 0 atom stereocenters. The van der Waals surface area contributed by atoms with Crippen molar-refractivity contribution < 1.29 is 22.7 Å². The van der Waals surface area contributed by atoms with E-state index >= 15 is 0 Å². The first-order valence-corrected chi connectivity index (χ1v) is 13.2. The van der Waals surface area contributed by atoms with Crippen LogP contribution < -0.4 is 32.3 Å². The zero-order chi connectivity index (χ0) is 31.1. The van der Waals surface area contributed by atoms with E-state index in [0.717, 1.165) is 22.3 Å². The molecule has 1 aliphatic heterocycles. The van der Waals surface area contributed by atoms with Gasteiger partial charge in [-0.05, 0) is 53.6 Å². The molecule has 15 heteroatoms. The molecule has 0 fully saturated rings. The van der Waals surface area contributed by atoms with Crippen molar-refractivity contribution in [2.24, 2.45) is 0 Å². The van der Waals surface area contributed by atoms with Crippen LogP contribution in [0.3, 0.4) is 0 Å². The fraction of sp³-hybridized carbons (Fsp3) is 0.172. The number of hydrogen-bond donors (Lipinski definition) is 3. The molecule has 3 aromatic heterocycles. The predicted octanol–water partition coefficient (Wildman–Crippen LogP) is 2.19. The number of hydrogen-bond acceptors (Lipinski definition) is 8. The van der Waals surface area contributed by atoms with E-state index in [1.165, 1.54) is 25.4 Å². The summed E-state index contributed by atoms with van der Waals surface area (Å²) in [5.74, 6) is -4.58. The Morgan fingerprint density at radius 1 is 1.02 bits per heavy atom. The van der Waals surface area contributed by atoms with Gasteiger partial charge >= 0.3 is 11.4 Å². The van der Waals surface area contributed by atoms with E-state index in [1.807, 2.05) is 0 Å². The number of carbonyl (C=O) groups excluding carboxylic acids is 1. The largest absolute Gasteiger partial charge is 0.493 e. The van der Waals surface area contributed by atoms with E-state index in [4.69, 9.17) is 4.74 Å². The second-order valence-electron chi connectivity index (χ2n) is 9.96. The maximum atomic E-state index is 14.1. The molecule has 44 heavy (non-hydrogen) atoms. The fourth-order valence-corrected chi connectivity index (χ4v) is 4.87. The number of H-pyrrole nitrogens is 1. The van der Waals surface area contributed by atoms with E-state index in [2.05, 4.69) is 25.6 Å². The number of aromatic nitrogens is 5. The lowest BCUT2D eigenvalue weighted by Crippen LogP contribution is -2.43. The molecule has 0 saturated heterocycles. The van der Waals surface area contributed by atoms with Gasteiger partial charge in [-0.15, -0.1) is 0 Å². The predicted molar refractivity (Wildman–Crippen MR) is 152 cm³/mol. The van der Waals surface area contributed by atoms with Crippen LogP contribution in [0.4, 0.5) is 24.8 Å². The third-order valence-electron chi connectivity index (χ3n) is 7.07. The maximum Gasteiger partial charge on any atom is 0.355 e. The van der Waals surface area contributed by atoms with Gasteiger partial charge in [0, 0.05) is 36.3 Å². The van der Waals surface area contributed by atoms with Gasteiger partial charge in [0.2, 0.25) is 5.95 Å². The van der Waals surface area contributed by atoms with Gasteiger partial charge in [0.1, 0.15) is 11.4 Å². The molecule has 12 nitrogen and oxygen atoms in total. The molecule has 0 saturated carbocycles.